The summed E-state index contributed by atoms with van der Waals surface area (Å²) >= 11 is 0. The first kappa shape index (κ1) is 26.9. The van der Waals surface area contributed by atoms with Crippen LogP contribution >= 0.6 is 0 Å². The highest BCUT2D eigenvalue weighted by Gasteiger charge is 2.17. The summed E-state index contributed by atoms with van der Waals surface area (Å²) in [5, 5.41) is 5.16. The van der Waals surface area contributed by atoms with Gasteiger partial charge in [-0.15, -0.1) is 0 Å². The van der Waals surface area contributed by atoms with E-state index >= 15 is 0 Å². The lowest BCUT2D eigenvalue weighted by Crippen LogP contribution is -1.92. The first-order valence-electron chi connectivity index (χ1n) is 15.2. The smallest absolute Gasteiger partial charge is 0.00263 e. The van der Waals surface area contributed by atoms with E-state index in [2.05, 4.69) is 162 Å². The van der Waals surface area contributed by atoms with Gasteiger partial charge in [-0.1, -0.05) is 155 Å². The first-order chi connectivity index (χ1) is 20.8. The van der Waals surface area contributed by atoms with Crippen LogP contribution in [-0.4, -0.2) is 0 Å². The van der Waals surface area contributed by atoms with E-state index in [1.165, 1.54) is 93.9 Å². The minimum atomic E-state index is 1.25. The zero-order valence-electron chi connectivity index (χ0n) is 25.6. The van der Waals surface area contributed by atoms with Crippen LogP contribution < -0.4 is 0 Å². The van der Waals surface area contributed by atoms with Crippen molar-refractivity contribution >= 4 is 21.5 Å². The summed E-state index contributed by atoms with van der Waals surface area (Å²) in [6.45, 7) is 10.9. The largest absolute Gasteiger partial charge is 0.0616 e. The van der Waals surface area contributed by atoms with Crippen LogP contribution in [0.4, 0.5) is 0 Å². The molecule has 208 valence electrons. The summed E-state index contributed by atoms with van der Waals surface area (Å²) in [6.07, 6.45) is 0. The molecule has 0 fully saturated rings. The molecular weight excluding hydrogens is 516 g/mol. The maximum Gasteiger partial charge on any atom is -0.00263 e. The lowest BCUT2D eigenvalue weighted by atomic mass is 9.85. The molecule has 0 saturated heterocycles. The lowest BCUT2D eigenvalue weighted by Gasteiger charge is -2.19. The number of aryl methyl sites for hydroxylation is 5. The number of benzene rings is 7. The SMILES string of the molecule is Cc1cc(C)cc(-c2ccc(-c3c4ccccc4c(-c4ccc(-c5cc(C)cc(C)c5)cc4)c4cc(C)ccc34)cc2)c1. The number of hydrogen-bond donors (Lipinski definition) is 0. The Morgan fingerprint density at radius 1 is 0.256 bits per heavy atom. The topological polar surface area (TPSA) is 0 Å². The Morgan fingerprint density at radius 3 is 1.07 bits per heavy atom. The fourth-order valence-corrected chi connectivity index (χ4v) is 6.86. The number of hydrogen-bond acceptors (Lipinski definition) is 0. The maximum atomic E-state index is 2.36. The second-order valence-corrected chi connectivity index (χ2v) is 12.3. The Morgan fingerprint density at radius 2 is 0.628 bits per heavy atom. The standard InChI is InChI=1S/C43H36/c1-27-10-19-40-41(26-27)43(35-17-13-33(14-18-35)37-24-30(4)21-31(5)25-37)39-9-7-6-8-38(39)42(40)34-15-11-32(12-16-34)36-22-28(2)20-29(3)23-36/h6-26H,1-5H3. The van der Waals surface area contributed by atoms with Crippen molar-refractivity contribution in [2.24, 2.45) is 0 Å². The second-order valence-electron chi connectivity index (χ2n) is 12.3. The van der Waals surface area contributed by atoms with Crippen molar-refractivity contribution in [2.75, 3.05) is 0 Å². The molecule has 0 aliphatic rings. The van der Waals surface area contributed by atoms with Crippen LogP contribution in [-0.2, 0) is 0 Å². The van der Waals surface area contributed by atoms with Gasteiger partial charge in [-0.05, 0) is 101 Å². The van der Waals surface area contributed by atoms with Crippen molar-refractivity contribution in [1.82, 2.24) is 0 Å². The highest BCUT2D eigenvalue weighted by Crippen LogP contribution is 2.44. The van der Waals surface area contributed by atoms with Crippen molar-refractivity contribution in [3.05, 3.63) is 155 Å². The molecule has 7 aromatic rings. The zero-order valence-corrected chi connectivity index (χ0v) is 25.6. The van der Waals surface area contributed by atoms with Gasteiger partial charge in [-0.3, -0.25) is 0 Å². The minimum absolute atomic E-state index is 1.25. The van der Waals surface area contributed by atoms with Crippen molar-refractivity contribution < 1.29 is 0 Å². The summed E-state index contributed by atoms with van der Waals surface area (Å²) in [5.41, 5.74) is 16.6. The van der Waals surface area contributed by atoms with Gasteiger partial charge >= 0.3 is 0 Å². The first-order valence-corrected chi connectivity index (χ1v) is 15.2. The molecule has 0 radical (unpaired) electrons. The van der Waals surface area contributed by atoms with Crippen molar-refractivity contribution in [2.45, 2.75) is 34.6 Å². The molecule has 7 aromatic carbocycles. The highest BCUT2D eigenvalue weighted by atomic mass is 14.2. The van der Waals surface area contributed by atoms with E-state index < -0.39 is 0 Å². The molecule has 0 aliphatic carbocycles. The predicted octanol–water partition coefficient (Wildman–Crippen LogP) is 12.2. The van der Waals surface area contributed by atoms with Crippen LogP contribution in [0.25, 0.3) is 66.1 Å². The minimum Gasteiger partial charge on any atom is -0.0616 e. The monoisotopic (exact) mass is 552 g/mol. The molecule has 0 aliphatic heterocycles. The summed E-state index contributed by atoms with van der Waals surface area (Å²) in [4.78, 5) is 0. The van der Waals surface area contributed by atoms with Gasteiger partial charge in [-0.25, -0.2) is 0 Å². The van der Waals surface area contributed by atoms with Gasteiger partial charge in [0.2, 0.25) is 0 Å². The van der Waals surface area contributed by atoms with Gasteiger partial charge in [0, 0.05) is 0 Å². The zero-order chi connectivity index (χ0) is 29.7. The molecule has 0 spiro atoms. The Labute approximate surface area is 255 Å². The van der Waals surface area contributed by atoms with E-state index in [-0.39, 0.29) is 0 Å². The van der Waals surface area contributed by atoms with Crippen LogP contribution in [0.5, 0.6) is 0 Å². The molecule has 0 aromatic heterocycles. The predicted molar refractivity (Wildman–Crippen MR) is 187 cm³/mol. The molecular formula is C43H36. The quantitative estimate of drug-likeness (QED) is 0.191. The molecule has 0 N–H and O–H groups in total. The fourth-order valence-electron chi connectivity index (χ4n) is 6.86. The third-order valence-corrected chi connectivity index (χ3v) is 8.64. The highest BCUT2D eigenvalue weighted by molar-refractivity contribution is 6.21. The van der Waals surface area contributed by atoms with Crippen molar-refractivity contribution in [1.29, 1.82) is 0 Å². The summed E-state index contributed by atoms with van der Waals surface area (Å²) in [5.74, 6) is 0. The summed E-state index contributed by atoms with van der Waals surface area (Å²) in [6, 6.07) is 47.7. The Kier molecular flexibility index (Phi) is 6.71. The molecule has 0 saturated carbocycles. The van der Waals surface area contributed by atoms with E-state index in [9.17, 15) is 0 Å². The summed E-state index contributed by atoms with van der Waals surface area (Å²) < 4.78 is 0. The van der Waals surface area contributed by atoms with E-state index in [0.717, 1.165) is 0 Å². The molecule has 0 bridgehead atoms. The maximum absolute atomic E-state index is 2.36. The van der Waals surface area contributed by atoms with Crippen molar-refractivity contribution in [3.8, 4) is 44.5 Å². The Hall–Kier alpha value is -4.94. The molecule has 0 heteroatoms. The molecule has 0 unspecified atom stereocenters. The van der Waals surface area contributed by atoms with Crippen LogP contribution in [0.3, 0.4) is 0 Å². The van der Waals surface area contributed by atoms with Crippen LogP contribution in [0.2, 0.25) is 0 Å². The van der Waals surface area contributed by atoms with E-state index in [1.54, 1.807) is 0 Å². The van der Waals surface area contributed by atoms with Crippen molar-refractivity contribution in [3.63, 3.8) is 0 Å². The lowest BCUT2D eigenvalue weighted by molar-refractivity contribution is 1.38. The van der Waals surface area contributed by atoms with E-state index in [0.29, 0.717) is 0 Å². The van der Waals surface area contributed by atoms with Crippen LogP contribution in [0, 0.1) is 34.6 Å². The van der Waals surface area contributed by atoms with Crippen LogP contribution in [0.15, 0.2) is 127 Å². The van der Waals surface area contributed by atoms with Gasteiger partial charge in [0.25, 0.3) is 0 Å². The molecule has 7 rings (SSSR count). The molecule has 0 atom stereocenters. The van der Waals surface area contributed by atoms with Gasteiger partial charge in [0.05, 0.1) is 0 Å². The Balaban J connectivity index is 1.41. The number of fused-ring (bicyclic) bond motifs is 2. The van der Waals surface area contributed by atoms with Gasteiger partial charge < -0.3 is 0 Å². The average Bonchev–Trinajstić information content (AvgIpc) is 2.99. The van der Waals surface area contributed by atoms with Gasteiger partial charge in [0.15, 0.2) is 0 Å². The van der Waals surface area contributed by atoms with E-state index in [4.69, 9.17) is 0 Å². The van der Waals surface area contributed by atoms with Crippen LogP contribution in [0.1, 0.15) is 27.8 Å². The molecule has 43 heavy (non-hydrogen) atoms. The second kappa shape index (κ2) is 10.7. The average molecular weight is 553 g/mol. The van der Waals surface area contributed by atoms with Gasteiger partial charge in [0.1, 0.15) is 0 Å². The molecule has 0 nitrogen and oxygen atoms in total. The van der Waals surface area contributed by atoms with E-state index in [1.807, 2.05) is 0 Å². The fraction of sp³-hybridized carbons (Fsp3) is 0.116. The number of rotatable bonds is 4. The summed E-state index contributed by atoms with van der Waals surface area (Å²) in [7, 11) is 0. The molecule has 0 heterocycles. The normalized spacial score (nSPS) is 11.4. The third kappa shape index (κ3) is 5.04. The Bertz CT molecular complexity index is 2100. The van der Waals surface area contributed by atoms with Gasteiger partial charge in [-0.2, -0.15) is 0 Å². The molecule has 0 amide bonds. The third-order valence-electron chi connectivity index (χ3n) is 8.64.